The Morgan fingerprint density at radius 1 is 1.80 bits per heavy atom. The van der Waals surface area contributed by atoms with Crippen molar-refractivity contribution < 1.29 is 41.6 Å². The fourth-order valence-corrected chi connectivity index (χ4v) is 0. The van der Waals surface area contributed by atoms with Crippen LogP contribution < -0.4 is 11.5 Å². The van der Waals surface area contributed by atoms with Gasteiger partial charge in [0.2, 0.25) is 0 Å². The Labute approximate surface area is 53.5 Å². The van der Waals surface area contributed by atoms with E-state index in [9.17, 15) is 0 Å². The van der Waals surface area contributed by atoms with E-state index in [0.717, 1.165) is 0 Å². The summed E-state index contributed by atoms with van der Waals surface area (Å²) < 4.78 is 0. The van der Waals surface area contributed by atoms with E-state index in [0.29, 0.717) is 0 Å². The molecule has 0 saturated heterocycles. The predicted molar refractivity (Wildman–Crippen MR) is 12.5 cm³/mol. The molecule has 0 aromatic rings. The molecule has 0 atom stereocenters. The van der Waals surface area contributed by atoms with E-state index in [2.05, 4.69) is 11.5 Å². The first kappa shape index (κ1) is 9.08. The van der Waals surface area contributed by atoms with Crippen molar-refractivity contribution >= 4 is 6.03 Å². The monoisotopic (exact) mass is 299 g/mol. The van der Waals surface area contributed by atoms with Gasteiger partial charge in [-0.1, -0.05) is 0 Å². The van der Waals surface area contributed by atoms with Crippen molar-refractivity contribution in [3.8, 4) is 0 Å². The molecule has 28 valence electrons. The minimum Gasteiger partial charge on any atom is -0.319 e. The van der Waals surface area contributed by atoms with Crippen molar-refractivity contribution in [1.82, 2.24) is 0 Å². The topological polar surface area (TPSA) is 70.7 Å². The van der Waals surface area contributed by atoms with E-state index in [-0.39, 0.29) is 31.1 Å². The first-order valence-corrected chi connectivity index (χ1v) is 0.846. The molecule has 2 amide bonds. The summed E-state index contributed by atoms with van der Waals surface area (Å²) in [5.41, 5.74) is 7.14. The Hall–Kier alpha value is 0.482. The molecule has 0 rings (SSSR count). The molecule has 3 nitrogen and oxygen atoms in total. The molecule has 0 aromatic heterocycles. The van der Waals surface area contributed by atoms with Crippen LogP contribution in [0.2, 0.25) is 0 Å². The molecule has 0 unspecified atom stereocenters. The van der Waals surface area contributed by atoms with Crippen LogP contribution in [-0.2, 0) is 0 Å². The van der Waals surface area contributed by atoms with Crippen molar-refractivity contribution in [3.05, 3.63) is 0 Å². The first-order chi connectivity index (χ1) is 1.73. The van der Waals surface area contributed by atoms with Crippen LogP contribution in [0.25, 0.3) is 0 Å². The molecule has 0 bridgehead atoms. The summed E-state index contributed by atoms with van der Waals surface area (Å²) in [4.78, 5) is 9.11. The Balaban J connectivity index is 0. The SMILES string of the molecule is NC([NH3+])=O.[U]. The minimum absolute atomic E-state index is 0. The first-order valence-electron chi connectivity index (χ1n) is 0.846. The predicted octanol–water partition coefficient (Wildman–Crippen LogP) is -1.69. The molecule has 0 aliphatic carbocycles. The maximum atomic E-state index is 9.11. The number of hydrogen-bond acceptors (Lipinski definition) is 1. The molecule has 5 N–H and O–H groups in total. The fourth-order valence-electron chi connectivity index (χ4n) is 0. The van der Waals surface area contributed by atoms with Gasteiger partial charge in [-0.25, -0.2) is 4.79 Å². The number of amides is 2. The van der Waals surface area contributed by atoms with Crippen LogP contribution in [0.4, 0.5) is 4.79 Å². The summed E-state index contributed by atoms with van der Waals surface area (Å²) in [6, 6.07) is -0.583. The average molecular weight is 299 g/mol. The number of primary amides is 1. The van der Waals surface area contributed by atoms with Crippen molar-refractivity contribution in [2.75, 3.05) is 0 Å². The van der Waals surface area contributed by atoms with Crippen LogP contribution in [-0.4, -0.2) is 6.03 Å². The minimum atomic E-state index is -0.583. The van der Waals surface area contributed by atoms with Crippen LogP contribution in [0.1, 0.15) is 0 Å². The molecule has 0 aliphatic heterocycles. The summed E-state index contributed by atoms with van der Waals surface area (Å²) in [7, 11) is 0. The zero-order chi connectivity index (χ0) is 3.58. The number of carbonyl (C=O) groups excluding carboxylic acids is 1. The molecule has 4 heteroatoms. The number of carbonyl (C=O) groups is 1. The molecule has 0 aliphatic rings. The van der Waals surface area contributed by atoms with E-state index in [1.165, 1.54) is 0 Å². The van der Waals surface area contributed by atoms with Crippen molar-refractivity contribution in [2.45, 2.75) is 0 Å². The largest absolute Gasteiger partial charge is 0.409 e. The molecule has 0 radical (unpaired) electrons. The van der Waals surface area contributed by atoms with E-state index in [1.807, 2.05) is 0 Å². The average Bonchev–Trinajstić information content (AvgIpc) is 0.811. The number of urea groups is 1. The Morgan fingerprint density at radius 2 is 1.80 bits per heavy atom. The van der Waals surface area contributed by atoms with Gasteiger partial charge >= 0.3 is 6.03 Å². The number of hydrogen-bond donors (Lipinski definition) is 2. The van der Waals surface area contributed by atoms with Gasteiger partial charge < -0.3 is 5.73 Å². The van der Waals surface area contributed by atoms with Crippen LogP contribution >= 0.6 is 0 Å². The Bertz CT molecular complexity index is 32.6. The van der Waals surface area contributed by atoms with Gasteiger partial charge in [-0.05, 0) is 0 Å². The van der Waals surface area contributed by atoms with Crippen molar-refractivity contribution in [2.24, 2.45) is 5.73 Å². The molecular weight excluding hydrogens is 294 g/mol. The van der Waals surface area contributed by atoms with Gasteiger partial charge in [0, 0.05) is 31.1 Å². The third-order valence-electron chi connectivity index (χ3n) is 0. The normalized spacial score (nSPS) is 5.00. The van der Waals surface area contributed by atoms with Gasteiger partial charge in [0.25, 0.3) is 0 Å². The summed E-state index contributed by atoms with van der Waals surface area (Å²) >= 11 is 0. The quantitative estimate of drug-likeness (QED) is 0.550. The fraction of sp³-hybridized carbons (Fsp3) is 0. The maximum absolute atomic E-state index is 9.11. The van der Waals surface area contributed by atoms with Gasteiger partial charge in [0.15, 0.2) is 0 Å². The molecule has 0 fully saturated rings. The standard InChI is InChI=1S/CH4N2O.U/c2-1(3)4;/h(H4,2,3,4);/p+1. The van der Waals surface area contributed by atoms with E-state index in [1.54, 1.807) is 0 Å². The van der Waals surface area contributed by atoms with Gasteiger partial charge in [-0.3, -0.25) is 5.73 Å². The Morgan fingerprint density at radius 3 is 1.80 bits per heavy atom. The van der Waals surface area contributed by atoms with Crippen LogP contribution in [0.5, 0.6) is 0 Å². The van der Waals surface area contributed by atoms with Gasteiger partial charge in [0.1, 0.15) is 0 Å². The number of rotatable bonds is 0. The maximum Gasteiger partial charge on any atom is 0.409 e. The zero-order valence-electron chi connectivity index (χ0n) is 2.69. The summed E-state index contributed by atoms with van der Waals surface area (Å²) in [5.74, 6) is 0. The zero-order valence-corrected chi connectivity index (χ0v) is 6.86. The van der Waals surface area contributed by atoms with Crippen LogP contribution in [0.3, 0.4) is 0 Å². The van der Waals surface area contributed by atoms with E-state index in [4.69, 9.17) is 4.79 Å². The molecule has 0 saturated carbocycles. The second-order valence-electron chi connectivity index (χ2n) is 0.466. The Kier molecular flexibility index (Phi) is 8.14. The van der Waals surface area contributed by atoms with Gasteiger partial charge in [-0.2, -0.15) is 0 Å². The molecule has 5 heavy (non-hydrogen) atoms. The number of nitrogens with two attached hydrogens (primary N) is 1. The molecule has 0 spiro atoms. The summed E-state index contributed by atoms with van der Waals surface area (Å²) in [5, 5.41) is 0. The van der Waals surface area contributed by atoms with Crippen LogP contribution in [0, 0.1) is 31.1 Å². The molecule has 0 aromatic carbocycles. The van der Waals surface area contributed by atoms with Crippen LogP contribution in [0.15, 0.2) is 0 Å². The second-order valence-corrected chi connectivity index (χ2v) is 0.466. The van der Waals surface area contributed by atoms with Gasteiger partial charge in [0.05, 0.1) is 0 Å². The third-order valence-corrected chi connectivity index (χ3v) is 0. The third kappa shape index (κ3) is 119. The summed E-state index contributed by atoms with van der Waals surface area (Å²) in [6.07, 6.45) is 0. The smallest absolute Gasteiger partial charge is 0.319 e. The second kappa shape index (κ2) is 4.48. The van der Waals surface area contributed by atoms with Gasteiger partial charge in [-0.15, -0.1) is 0 Å². The number of quaternary nitrogens is 1. The van der Waals surface area contributed by atoms with E-state index >= 15 is 0 Å². The molecule has 0 heterocycles. The van der Waals surface area contributed by atoms with E-state index < -0.39 is 6.03 Å². The molecular formula is CH5N2OU+. The van der Waals surface area contributed by atoms with Crippen molar-refractivity contribution in [3.63, 3.8) is 0 Å². The van der Waals surface area contributed by atoms with Crippen molar-refractivity contribution in [1.29, 1.82) is 0 Å². The summed E-state index contributed by atoms with van der Waals surface area (Å²) in [6.45, 7) is 0.